The molecular weight excluding hydrogens is 391 g/mol. The van der Waals surface area contributed by atoms with Crippen LogP contribution in [0.15, 0.2) is 4.99 Å². The summed E-state index contributed by atoms with van der Waals surface area (Å²) in [5.74, 6) is -1.23. The molecule has 6 N–H and O–H groups in total. The summed E-state index contributed by atoms with van der Waals surface area (Å²) >= 11 is 0. The Morgan fingerprint density at radius 1 is 0.926 bits per heavy atom. The van der Waals surface area contributed by atoms with Gasteiger partial charge in [-0.1, -0.05) is 58.3 Å². The molecule has 0 aromatic heterocycles. The number of amides is 1. The Hall–Kier alpha value is -1.21. The molecule has 1 amide bonds. The van der Waals surface area contributed by atoms with E-state index >= 15 is 0 Å². The zero-order valence-electron chi connectivity index (χ0n) is 16.5. The number of nitrogens with zero attached hydrogens (tertiary/aromatic N) is 1. The number of carboxylic acid groups (broad SMARTS) is 1. The number of nitrogens with two attached hydrogens (primary N) is 2. The van der Waals surface area contributed by atoms with Crippen LogP contribution in [0.4, 0.5) is 0 Å². The van der Waals surface area contributed by atoms with Crippen LogP contribution in [0.2, 0.25) is 0 Å². The lowest BCUT2D eigenvalue weighted by atomic mass is 10.1. The van der Waals surface area contributed by atoms with E-state index in [-0.39, 0.29) is 36.7 Å². The van der Waals surface area contributed by atoms with Gasteiger partial charge in [0, 0.05) is 13.0 Å². The highest BCUT2D eigenvalue weighted by Gasteiger charge is 2.18. The molecule has 7 nitrogen and oxygen atoms in total. The minimum atomic E-state index is -1.02. The van der Waals surface area contributed by atoms with Crippen molar-refractivity contribution in [3.8, 4) is 0 Å². The topological polar surface area (TPSA) is 131 Å². The first-order valence-corrected chi connectivity index (χ1v) is 9.55. The molecule has 27 heavy (non-hydrogen) atoms. The lowest BCUT2D eigenvalue weighted by Crippen LogP contribution is -2.40. The van der Waals surface area contributed by atoms with E-state index in [9.17, 15) is 9.59 Å². The minimum absolute atomic E-state index is 0. The fraction of sp³-hybridized carbons (Fsp3) is 0.833. The van der Waals surface area contributed by atoms with Crippen molar-refractivity contribution in [2.24, 2.45) is 16.5 Å². The molecule has 1 atom stereocenters. The second kappa shape index (κ2) is 21.1. The summed E-state index contributed by atoms with van der Waals surface area (Å²) in [4.78, 5) is 26.9. The van der Waals surface area contributed by atoms with Crippen LogP contribution in [0, 0.1) is 0 Å². The van der Waals surface area contributed by atoms with Gasteiger partial charge in [0.1, 0.15) is 6.04 Å². The normalized spacial score (nSPS) is 10.9. The molecule has 0 radical (unpaired) electrons. The number of unbranched alkanes of at least 4 members (excludes halogenated alkanes) is 8. The molecule has 0 aromatic rings. The third-order valence-electron chi connectivity index (χ3n) is 4.09. The van der Waals surface area contributed by atoms with Crippen molar-refractivity contribution in [2.75, 3.05) is 6.54 Å². The van der Waals surface area contributed by atoms with Gasteiger partial charge in [-0.15, -0.1) is 24.8 Å². The highest BCUT2D eigenvalue weighted by atomic mass is 35.5. The second-order valence-electron chi connectivity index (χ2n) is 6.49. The number of rotatable bonds is 16. The zero-order valence-corrected chi connectivity index (χ0v) is 18.1. The van der Waals surface area contributed by atoms with Crippen LogP contribution in [0.25, 0.3) is 0 Å². The maximum atomic E-state index is 11.9. The van der Waals surface area contributed by atoms with E-state index in [1.54, 1.807) is 0 Å². The van der Waals surface area contributed by atoms with E-state index in [4.69, 9.17) is 16.6 Å². The van der Waals surface area contributed by atoms with E-state index in [2.05, 4.69) is 17.2 Å². The van der Waals surface area contributed by atoms with Gasteiger partial charge < -0.3 is 21.9 Å². The number of guanidine groups is 1. The molecule has 0 spiro atoms. The number of hydrogen-bond donors (Lipinski definition) is 4. The smallest absolute Gasteiger partial charge is 0.326 e. The molecule has 0 aromatic carbocycles. The summed E-state index contributed by atoms with van der Waals surface area (Å²) in [7, 11) is 0. The highest BCUT2D eigenvalue weighted by molar-refractivity contribution is 5.85. The van der Waals surface area contributed by atoms with Gasteiger partial charge in [-0.25, -0.2) is 4.79 Å². The molecule has 0 aliphatic rings. The first-order chi connectivity index (χ1) is 12.0. The standard InChI is InChI=1S/C18H36N4O3.2ClH/c1-2-3-4-5-6-7-8-9-10-13-16(23)22-15(17(24)25)12-11-14-21-18(19)20;;/h15H,2-14H2,1H3,(H,22,23)(H,24,25)(H4,19,20,21);2*1H/t15-;;/m0../s1. The zero-order chi connectivity index (χ0) is 18.9. The van der Waals surface area contributed by atoms with Gasteiger partial charge in [0.25, 0.3) is 0 Å². The molecule has 0 bridgehead atoms. The average molecular weight is 429 g/mol. The van der Waals surface area contributed by atoms with Gasteiger partial charge in [0.05, 0.1) is 0 Å². The van der Waals surface area contributed by atoms with Gasteiger partial charge in [-0.2, -0.15) is 0 Å². The van der Waals surface area contributed by atoms with Crippen molar-refractivity contribution in [1.82, 2.24) is 5.32 Å². The van der Waals surface area contributed by atoms with E-state index in [0.717, 1.165) is 19.3 Å². The van der Waals surface area contributed by atoms with Gasteiger partial charge in [0.15, 0.2) is 5.96 Å². The van der Waals surface area contributed by atoms with Crippen LogP contribution in [-0.4, -0.2) is 35.5 Å². The van der Waals surface area contributed by atoms with Gasteiger partial charge in [0.2, 0.25) is 5.91 Å². The number of carbonyl (C=O) groups is 2. The summed E-state index contributed by atoms with van der Waals surface area (Å²) in [5, 5.41) is 11.7. The Kier molecular flexibility index (Phi) is 23.8. The Balaban J connectivity index is -0.00000288. The molecule has 0 unspecified atom stereocenters. The summed E-state index contributed by atoms with van der Waals surface area (Å²) in [6, 6.07) is -0.875. The molecule has 162 valence electrons. The summed E-state index contributed by atoms with van der Waals surface area (Å²) in [6.07, 6.45) is 11.9. The van der Waals surface area contributed by atoms with Crippen LogP contribution in [0.3, 0.4) is 0 Å². The van der Waals surface area contributed by atoms with Crippen LogP contribution < -0.4 is 16.8 Å². The predicted molar refractivity (Wildman–Crippen MR) is 116 cm³/mol. The molecule has 0 rings (SSSR count). The number of aliphatic carboxylic acids is 1. The number of nitrogens with one attached hydrogen (secondary N) is 1. The van der Waals surface area contributed by atoms with Gasteiger partial charge in [-0.05, 0) is 19.3 Å². The van der Waals surface area contributed by atoms with Crippen LogP contribution in [0.1, 0.15) is 84.0 Å². The van der Waals surface area contributed by atoms with Crippen molar-refractivity contribution in [3.63, 3.8) is 0 Å². The first kappa shape index (κ1) is 30.5. The van der Waals surface area contributed by atoms with Crippen molar-refractivity contribution in [1.29, 1.82) is 0 Å². The third-order valence-corrected chi connectivity index (χ3v) is 4.09. The molecule has 0 saturated carbocycles. The van der Waals surface area contributed by atoms with Crippen molar-refractivity contribution in [2.45, 2.75) is 90.0 Å². The Labute approximate surface area is 175 Å². The number of hydrogen-bond acceptors (Lipinski definition) is 3. The number of halogens is 2. The summed E-state index contributed by atoms with van der Waals surface area (Å²) < 4.78 is 0. The van der Waals surface area contributed by atoms with E-state index in [0.29, 0.717) is 25.8 Å². The molecule has 0 aliphatic heterocycles. The van der Waals surface area contributed by atoms with Crippen molar-refractivity contribution < 1.29 is 14.7 Å². The SMILES string of the molecule is CCCCCCCCCCCC(=O)N[C@@H](CCCN=C(N)N)C(=O)O.Cl.Cl. The Bertz CT molecular complexity index is 406. The molecule has 0 saturated heterocycles. The van der Waals surface area contributed by atoms with Crippen LogP contribution in [0.5, 0.6) is 0 Å². The first-order valence-electron chi connectivity index (χ1n) is 9.55. The van der Waals surface area contributed by atoms with Crippen molar-refractivity contribution in [3.05, 3.63) is 0 Å². The minimum Gasteiger partial charge on any atom is -0.480 e. The fourth-order valence-electron chi connectivity index (χ4n) is 2.62. The number of carboxylic acids is 1. The molecule has 9 heteroatoms. The second-order valence-corrected chi connectivity index (χ2v) is 6.49. The lowest BCUT2D eigenvalue weighted by molar-refractivity contribution is -0.142. The molecule has 0 fully saturated rings. The molecular formula is C18H38Cl2N4O3. The Morgan fingerprint density at radius 3 is 1.93 bits per heavy atom. The van der Waals surface area contributed by atoms with Crippen LogP contribution >= 0.6 is 24.8 Å². The quantitative estimate of drug-likeness (QED) is 0.170. The van der Waals surface area contributed by atoms with E-state index < -0.39 is 12.0 Å². The highest BCUT2D eigenvalue weighted by Crippen LogP contribution is 2.10. The van der Waals surface area contributed by atoms with Crippen molar-refractivity contribution >= 4 is 42.7 Å². The molecule has 0 aliphatic carbocycles. The lowest BCUT2D eigenvalue weighted by Gasteiger charge is -2.14. The third kappa shape index (κ3) is 21.0. The summed E-state index contributed by atoms with van der Waals surface area (Å²) in [5.41, 5.74) is 10.4. The number of aliphatic imine (C=N–C) groups is 1. The Morgan fingerprint density at radius 2 is 1.44 bits per heavy atom. The van der Waals surface area contributed by atoms with E-state index in [1.165, 1.54) is 38.5 Å². The van der Waals surface area contributed by atoms with Gasteiger partial charge in [-0.3, -0.25) is 9.79 Å². The maximum absolute atomic E-state index is 11.9. The number of carbonyl (C=O) groups excluding carboxylic acids is 1. The maximum Gasteiger partial charge on any atom is 0.326 e. The fourth-order valence-corrected chi connectivity index (χ4v) is 2.62. The monoisotopic (exact) mass is 428 g/mol. The average Bonchev–Trinajstić information content (AvgIpc) is 2.55. The van der Waals surface area contributed by atoms with Gasteiger partial charge >= 0.3 is 5.97 Å². The molecule has 0 heterocycles. The predicted octanol–water partition coefficient (Wildman–Crippen LogP) is 3.37. The van der Waals surface area contributed by atoms with E-state index in [1.807, 2.05) is 0 Å². The van der Waals surface area contributed by atoms with Crippen LogP contribution in [-0.2, 0) is 9.59 Å². The largest absolute Gasteiger partial charge is 0.480 e. The summed E-state index contributed by atoms with van der Waals surface area (Å²) in [6.45, 7) is 2.57.